The number of amides is 1. The van der Waals surface area contributed by atoms with Crippen LogP contribution in [0.4, 0.5) is 0 Å². The lowest BCUT2D eigenvalue weighted by atomic mass is 10.1. The van der Waals surface area contributed by atoms with Crippen molar-refractivity contribution in [3.8, 4) is 6.07 Å². The van der Waals surface area contributed by atoms with Crippen molar-refractivity contribution >= 4 is 5.91 Å². The Morgan fingerprint density at radius 2 is 2.43 bits per heavy atom. The van der Waals surface area contributed by atoms with Gasteiger partial charge in [-0.1, -0.05) is 13.8 Å². The number of H-pyrrole nitrogens is 1. The summed E-state index contributed by atoms with van der Waals surface area (Å²) in [5, 5.41) is 17.5. The van der Waals surface area contributed by atoms with Crippen molar-refractivity contribution in [1.82, 2.24) is 15.5 Å². The standard InChI is InChI=1S/C9H12N4O/c1-6(2)8(5-10)12-9(14)7-3-4-11-13-7/h3-4,6,8H,1-2H3,(H,11,13)(H,12,14). The Labute approximate surface area is 82.1 Å². The smallest absolute Gasteiger partial charge is 0.270 e. The molecule has 0 spiro atoms. The lowest BCUT2D eigenvalue weighted by Gasteiger charge is -2.13. The van der Waals surface area contributed by atoms with Gasteiger partial charge in [-0.05, 0) is 12.0 Å². The van der Waals surface area contributed by atoms with Gasteiger partial charge in [-0.2, -0.15) is 10.4 Å². The molecule has 1 unspecified atom stereocenters. The van der Waals surface area contributed by atoms with Gasteiger partial charge in [0.2, 0.25) is 0 Å². The van der Waals surface area contributed by atoms with Gasteiger partial charge in [0, 0.05) is 6.20 Å². The van der Waals surface area contributed by atoms with Crippen LogP contribution in [-0.2, 0) is 0 Å². The predicted octanol–water partition coefficient (Wildman–Crippen LogP) is 0.688. The number of hydrogen-bond acceptors (Lipinski definition) is 3. The van der Waals surface area contributed by atoms with E-state index in [0.717, 1.165) is 0 Å². The summed E-state index contributed by atoms with van der Waals surface area (Å²) >= 11 is 0. The molecule has 0 aliphatic rings. The van der Waals surface area contributed by atoms with Crippen LogP contribution in [0.25, 0.3) is 0 Å². The highest BCUT2D eigenvalue weighted by molar-refractivity contribution is 5.92. The van der Waals surface area contributed by atoms with Crippen LogP contribution in [0.3, 0.4) is 0 Å². The molecule has 0 fully saturated rings. The summed E-state index contributed by atoms with van der Waals surface area (Å²) in [6, 6.07) is 3.12. The van der Waals surface area contributed by atoms with Crippen LogP contribution in [0, 0.1) is 17.2 Å². The lowest BCUT2D eigenvalue weighted by Crippen LogP contribution is -2.37. The summed E-state index contributed by atoms with van der Waals surface area (Å²) in [6.45, 7) is 3.75. The first-order valence-corrected chi connectivity index (χ1v) is 4.35. The first-order chi connectivity index (χ1) is 6.65. The maximum absolute atomic E-state index is 11.4. The third-order valence-electron chi connectivity index (χ3n) is 1.84. The molecule has 0 aliphatic carbocycles. The molecule has 0 aromatic carbocycles. The van der Waals surface area contributed by atoms with Crippen LogP contribution in [0.5, 0.6) is 0 Å². The predicted molar refractivity (Wildman–Crippen MR) is 50.3 cm³/mol. The molecule has 1 amide bonds. The number of aromatic nitrogens is 2. The van der Waals surface area contributed by atoms with Crippen molar-refractivity contribution in [3.63, 3.8) is 0 Å². The number of nitriles is 1. The normalized spacial score (nSPS) is 12.1. The molecule has 1 aromatic heterocycles. The van der Waals surface area contributed by atoms with Gasteiger partial charge < -0.3 is 5.32 Å². The van der Waals surface area contributed by atoms with Crippen molar-refractivity contribution in [2.24, 2.45) is 5.92 Å². The van der Waals surface area contributed by atoms with Gasteiger partial charge in [0.15, 0.2) is 0 Å². The average molecular weight is 192 g/mol. The van der Waals surface area contributed by atoms with Crippen molar-refractivity contribution in [2.45, 2.75) is 19.9 Å². The zero-order chi connectivity index (χ0) is 10.6. The maximum Gasteiger partial charge on any atom is 0.270 e. The number of nitrogens with one attached hydrogen (secondary N) is 2. The van der Waals surface area contributed by atoms with Gasteiger partial charge in [-0.25, -0.2) is 0 Å². The van der Waals surface area contributed by atoms with E-state index in [0.29, 0.717) is 5.69 Å². The largest absolute Gasteiger partial charge is 0.335 e. The second kappa shape index (κ2) is 4.42. The minimum absolute atomic E-state index is 0.0897. The van der Waals surface area contributed by atoms with Crippen LogP contribution < -0.4 is 5.32 Å². The second-order valence-electron chi connectivity index (χ2n) is 3.29. The van der Waals surface area contributed by atoms with Crippen molar-refractivity contribution < 1.29 is 4.79 Å². The summed E-state index contributed by atoms with van der Waals surface area (Å²) < 4.78 is 0. The molecule has 2 N–H and O–H groups in total. The molecule has 0 saturated heterocycles. The minimum Gasteiger partial charge on any atom is -0.335 e. The molecule has 1 aromatic rings. The van der Waals surface area contributed by atoms with E-state index in [9.17, 15) is 4.79 Å². The molecule has 5 heteroatoms. The van der Waals surface area contributed by atoms with Crippen molar-refractivity contribution in [1.29, 1.82) is 5.26 Å². The topological polar surface area (TPSA) is 81.6 Å². The molecule has 0 aliphatic heterocycles. The zero-order valence-corrected chi connectivity index (χ0v) is 8.11. The van der Waals surface area contributed by atoms with Gasteiger partial charge in [-0.3, -0.25) is 9.89 Å². The van der Waals surface area contributed by atoms with Crippen LogP contribution in [0.15, 0.2) is 12.3 Å². The van der Waals surface area contributed by atoms with E-state index < -0.39 is 6.04 Å². The highest BCUT2D eigenvalue weighted by Gasteiger charge is 2.16. The first-order valence-electron chi connectivity index (χ1n) is 4.35. The summed E-state index contributed by atoms with van der Waals surface area (Å²) in [7, 11) is 0. The Morgan fingerprint density at radius 3 is 2.86 bits per heavy atom. The summed E-state index contributed by atoms with van der Waals surface area (Å²) in [4.78, 5) is 11.4. The Hall–Kier alpha value is -1.83. The molecule has 5 nitrogen and oxygen atoms in total. The van der Waals surface area contributed by atoms with E-state index in [1.165, 1.54) is 6.20 Å². The van der Waals surface area contributed by atoms with Gasteiger partial charge in [0.05, 0.1) is 6.07 Å². The Bertz CT molecular complexity index is 336. The summed E-state index contributed by atoms with van der Waals surface area (Å²) in [6.07, 6.45) is 1.49. The van der Waals surface area contributed by atoms with Crippen LogP contribution >= 0.6 is 0 Å². The monoisotopic (exact) mass is 192 g/mol. The summed E-state index contributed by atoms with van der Waals surface area (Å²) in [5.41, 5.74) is 0.367. The molecule has 74 valence electrons. The minimum atomic E-state index is -0.467. The Balaban J connectivity index is 2.61. The van der Waals surface area contributed by atoms with E-state index in [-0.39, 0.29) is 11.8 Å². The van der Waals surface area contributed by atoms with Crippen LogP contribution in [-0.4, -0.2) is 22.1 Å². The molecule has 0 radical (unpaired) electrons. The van der Waals surface area contributed by atoms with Crippen LogP contribution in [0.2, 0.25) is 0 Å². The molecule has 14 heavy (non-hydrogen) atoms. The number of rotatable bonds is 3. The third kappa shape index (κ3) is 2.33. The Kier molecular flexibility index (Phi) is 3.24. The molecule has 1 rings (SSSR count). The molecule has 1 atom stereocenters. The number of nitrogens with zero attached hydrogens (tertiary/aromatic N) is 2. The lowest BCUT2D eigenvalue weighted by molar-refractivity contribution is 0.0932. The molecular formula is C9H12N4O. The highest BCUT2D eigenvalue weighted by atomic mass is 16.2. The van der Waals surface area contributed by atoms with Gasteiger partial charge in [0.1, 0.15) is 11.7 Å². The van der Waals surface area contributed by atoms with Crippen molar-refractivity contribution in [3.05, 3.63) is 18.0 Å². The fourth-order valence-corrected chi connectivity index (χ4v) is 0.949. The van der Waals surface area contributed by atoms with E-state index in [2.05, 4.69) is 15.5 Å². The van der Waals surface area contributed by atoms with E-state index in [1.807, 2.05) is 19.9 Å². The van der Waals surface area contributed by atoms with Crippen LogP contribution in [0.1, 0.15) is 24.3 Å². The zero-order valence-electron chi connectivity index (χ0n) is 8.11. The quantitative estimate of drug-likeness (QED) is 0.739. The first kappa shape index (κ1) is 10.3. The average Bonchev–Trinajstić information content (AvgIpc) is 2.65. The highest BCUT2D eigenvalue weighted by Crippen LogP contribution is 2.01. The number of aromatic amines is 1. The molecule has 1 heterocycles. The number of hydrogen-bond donors (Lipinski definition) is 2. The molecular weight excluding hydrogens is 180 g/mol. The van der Waals surface area contributed by atoms with E-state index in [4.69, 9.17) is 5.26 Å². The molecule has 0 saturated carbocycles. The van der Waals surface area contributed by atoms with Gasteiger partial charge >= 0.3 is 0 Å². The van der Waals surface area contributed by atoms with Gasteiger partial charge in [0.25, 0.3) is 5.91 Å². The Morgan fingerprint density at radius 1 is 1.71 bits per heavy atom. The van der Waals surface area contributed by atoms with E-state index >= 15 is 0 Å². The fourth-order valence-electron chi connectivity index (χ4n) is 0.949. The fraction of sp³-hybridized carbons (Fsp3) is 0.444. The SMILES string of the molecule is CC(C)C(C#N)NC(=O)c1ccn[nH]1. The van der Waals surface area contributed by atoms with Gasteiger partial charge in [-0.15, -0.1) is 0 Å². The molecule has 0 bridgehead atoms. The van der Waals surface area contributed by atoms with Crippen molar-refractivity contribution in [2.75, 3.05) is 0 Å². The number of carbonyl (C=O) groups is 1. The van der Waals surface area contributed by atoms with E-state index in [1.54, 1.807) is 6.07 Å². The summed E-state index contributed by atoms with van der Waals surface area (Å²) in [5.74, 6) is -0.213. The number of carbonyl (C=O) groups excluding carboxylic acids is 1. The maximum atomic E-state index is 11.4. The third-order valence-corrected chi connectivity index (χ3v) is 1.84. The second-order valence-corrected chi connectivity index (χ2v) is 3.29.